The molecule has 3 nitrogen and oxygen atoms in total. The van der Waals surface area contributed by atoms with Crippen molar-refractivity contribution >= 4 is 11.3 Å². The van der Waals surface area contributed by atoms with E-state index in [4.69, 9.17) is 0 Å². The predicted octanol–water partition coefficient (Wildman–Crippen LogP) is 2.53. The fraction of sp³-hybridized carbons (Fsp3) is 0.769. The Morgan fingerprint density at radius 1 is 1.29 bits per heavy atom. The molecule has 17 heavy (non-hydrogen) atoms. The Morgan fingerprint density at radius 3 is 2.65 bits per heavy atom. The summed E-state index contributed by atoms with van der Waals surface area (Å²) in [5.41, 5.74) is 0. The van der Waals surface area contributed by atoms with Crippen LogP contribution in [0.4, 0.5) is 0 Å². The molecule has 1 N–H and O–H groups in total. The minimum atomic E-state index is 0.968. The third kappa shape index (κ3) is 5.61. The highest BCUT2D eigenvalue weighted by Crippen LogP contribution is 2.12. The molecule has 1 aromatic heterocycles. The molecule has 0 aromatic carbocycles. The predicted molar refractivity (Wildman–Crippen MR) is 75.6 cm³/mol. The van der Waals surface area contributed by atoms with Crippen LogP contribution in [0.5, 0.6) is 0 Å². The van der Waals surface area contributed by atoms with Crippen molar-refractivity contribution in [2.45, 2.75) is 40.2 Å². The molecule has 1 heterocycles. The van der Waals surface area contributed by atoms with Crippen LogP contribution >= 0.6 is 11.3 Å². The number of rotatable bonds is 9. The van der Waals surface area contributed by atoms with Gasteiger partial charge in [-0.15, -0.1) is 11.3 Å². The van der Waals surface area contributed by atoms with Crippen molar-refractivity contribution in [3.05, 3.63) is 16.1 Å². The molecule has 0 aliphatic carbocycles. The Balaban J connectivity index is 2.07. The number of thiazole rings is 1. The van der Waals surface area contributed by atoms with E-state index in [-0.39, 0.29) is 0 Å². The number of nitrogens with one attached hydrogen (secondary N) is 1. The molecular weight excluding hydrogens is 230 g/mol. The van der Waals surface area contributed by atoms with Crippen LogP contribution in [0.25, 0.3) is 0 Å². The van der Waals surface area contributed by atoms with Crippen LogP contribution in [0, 0.1) is 0 Å². The van der Waals surface area contributed by atoms with Gasteiger partial charge in [-0.05, 0) is 39.0 Å². The van der Waals surface area contributed by atoms with Crippen LogP contribution in [-0.4, -0.2) is 36.1 Å². The Kier molecular flexibility index (Phi) is 7.40. The largest absolute Gasteiger partial charge is 0.312 e. The van der Waals surface area contributed by atoms with Gasteiger partial charge in [0.1, 0.15) is 0 Å². The van der Waals surface area contributed by atoms with E-state index in [1.807, 2.05) is 17.5 Å². The summed E-state index contributed by atoms with van der Waals surface area (Å²) in [7, 11) is 0. The Morgan fingerprint density at radius 2 is 2.06 bits per heavy atom. The van der Waals surface area contributed by atoms with E-state index in [0.29, 0.717) is 0 Å². The molecular formula is C13H25N3S. The molecule has 0 fully saturated rings. The van der Waals surface area contributed by atoms with Crippen LogP contribution in [0.1, 0.15) is 37.1 Å². The van der Waals surface area contributed by atoms with Gasteiger partial charge in [0.25, 0.3) is 0 Å². The van der Waals surface area contributed by atoms with E-state index in [0.717, 1.165) is 32.6 Å². The van der Waals surface area contributed by atoms with Crippen LogP contribution < -0.4 is 5.32 Å². The molecule has 0 radical (unpaired) electrons. The van der Waals surface area contributed by atoms with Gasteiger partial charge in [0.15, 0.2) is 0 Å². The van der Waals surface area contributed by atoms with Gasteiger partial charge in [0.2, 0.25) is 0 Å². The van der Waals surface area contributed by atoms with Gasteiger partial charge in [-0.3, -0.25) is 0 Å². The molecule has 1 rings (SSSR count). The van der Waals surface area contributed by atoms with Crippen molar-refractivity contribution in [3.63, 3.8) is 0 Å². The van der Waals surface area contributed by atoms with Crippen LogP contribution in [0.15, 0.2) is 6.20 Å². The average Bonchev–Trinajstić information content (AvgIpc) is 2.82. The van der Waals surface area contributed by atoms with E-state index in [1.54, 1.807) is 0 Å². The van der Waals surface area contributed by atoms with Crippen molar-refractivity contribution in [1.82, 2.24) is 15.2 Å². The zero-order valence-corrected chi connectivity index (χ0v) is 12.1. The Bertz CT molecular complexity index is 295. The minimum absolute atomic E-state index is 0.968. The highest BCUT2D eigenvalue weighted by molar-refractivity contribution is 7.11. The Labute approximate surface area is 109 Å². The summed E-state index contributed by atoms with van der Waals surface area (Å²) in [5.74, 6) is 0. The molecule has 0 atom stereocenters. The number of aromatic nitrogens is 1. The summed E-state index contributed by atoms with van der Waals surface area (Å²) in [6.07, 6.45) is 4.27. The number of nitrogens with zero attached hydrogens (tertiary/aromatic N) is 2. The first-order valence-electron chi connectivity index (χ1n) is 6.66. The van der Waals surface area contributed by atoms with Gasteiger partial charge >= 0.3 is 0 Å². The summed E-state index contributed by atoms with van der Waals surface area (Å²) in [6, 6.07) is 0. The molecule has 0 amide bonds. The lowest BCUT2D eigenvalue weighted by Crippen LogP contribution is -2.27. The fourth-order valence-corrected chi connectivity index (χ4v) is 2.60. The molecule has 0 bridgehead atoms. The maximum Gasteiger partial charge on any atom is 0.0925 e. The van der Waals surface area contributed by atoms with E-state index >= 15 is 0 Å². The second-order valence-electron chi connectivity index (χ2n) is 4.13. The summed E-state index contributed by atoms with van der Waals surface area (Å²) >= 11 is 1.82. The van der Waals surface area contributed by atoms with E-state index in [1.165, 1.54) is 22.9 Å². The average molecular weight is 255 g/mol. The molecule has 0 saturated carbocycles. The SMILES string of the molecule is CCc1ncc(CNCCCN(CC)CC)s1. The number of hydrogen-bond acceptors (Lipinski definition) is 4. The number of hydrogen-bond donors (Lipinski definition) is 1. The summed E-state index contributed by atoms with van der Waals surface area (Å²) in [6.45, 7) is 12.2. The highest BCUT2D eigenvalue weighted by Gasteiger charge is 2.00. The second kappa shape index (κ2) is 8.61. The summed E-state index contributed by atoms with van der Waals surface area (Å²) in [4.78, 5) is 8.17. The standard InChI is InChI=1S/C13H25N3S/c1-4-13-15-11-12(17-13)10-14-8-7-9-16(5-2)6-3/h11,14H,4-10H2,1-3H3. The lowest BCUT2D eigenvalue weighted by Gasteiger charge is -2.17. The molecule has 0 aliphatic rings. The first-order chi connectivity index (χ1) is 8.30. The number of aryl methyl sites for hydroxylation is 1. The lowest BCUT2D eigenvalue weighted by molar-refractivity contribution is 0.298. The van der Waals surface area contributed by atoms with E-state index in [9.17, 15) is 0 Å². The summed E-state index contributed by atoms with van der Waals surface area (Å²) in [5, 5.41) is 4.73. The maximum atomic E-state index is 4.36. The van der Waals surface area contributed by atoms with Crippen molar-refractivity contribution in [3.8, 4) is 0 Å². The molecule has 98 valence electrons. The van der Waals surface area contributed by atoms with Gasteiger partial charge in [0.05, 0.1) is 5.01 Å². The Hall–Kier alpha value is -0.450. The highest BCUT2D eigenvalue weighted by atomic mass is 32.1. The second-order valence-corrected chi connectivity index (χ2v) is 5.33. The molecule has 0 aliphatic heterocycles. The van der Waals surface area contributed by atoms with Crippen LogP contribution in [-0.2, 0) is 13.0 Å². The van der Waals surface area contributed by atoms with Crippen LogP contribution in [0.3, 0.4) is 0 Å². The first-order valence-corrected chi connectivity index (χ1v) is 7.48. The van der Waals surface area contributed by atoms with Crippen molar-refractivity contribution in [2.24, 2.45) is 0 Å². The quantitative estimate of drug-likeness (QED) is 0.687. The minimum Gasteiger partial charge on any atom is -0.312 e. The first kappa shape index (κ1) is 14.6. The fourth-order valence-electron chi connectivity index (χ4n) is 1.77. The van der Waals surface area contributed by atoms with Crippen LogP contribution in [0.2, 0.25) is 0 Å². The zero-order chi connectivity index (χ0) is 12.5. The third-order valence-electron chi connectivity index (χ3n) is 2.93. The van der Waals surface area contributed by atoms with Crippen molar-refractivity contribution < 1.29 is 0 Å². The monoisotopic (exact) mass is 255 g/mol. The van der Waals surface area contributed by atoms with Gasteiger partial charge in [-0.1, -0.05) is 20.8 Å². The van der Waals surface area contributed by atoms with Gasteiger partial charge in [-0.2, -0.15) is 0 Å². The maximum absolute atomic E-state index is 4.36. The van der Waals surface area contributed by atoms with Crippen molar-refractivity contribution in [1.29, 1.82) is 0 Å². The molecule has 0 unspecified atom stereocenters. The smallest absolute Gasteiger partial charge is 0.0925 e. The topological polar surface area (TPSA) is 28.2 Å². The van der Waals surface area contributed by atoms with Gasteiger partial charge in [0, 0.05) is 17.6 Å². The van der Waals surface area contributed by atoms with Crippen molar-refractivity contribution in [2.75, 3.05) is 26.2 Å². The third-order valence-corrected chi connectivity index (χ3v) is 4.07. The van der Waals surface area contributed by atoms with Gasteiger partial charge in [-0.25, -0.2) is 4.98 Å². The van der Waals surface area contributed by atoms with Gasteiger partial charge < -0.3 is 10.2 Å². The molecule has 0 saturated heterocycles. The normalized spacial score (nSPS) is 11.3. The molecule has 4 heteroatoms. The summed E-state index contributed by atoms with van der Waals surface area (Å²) < 4.78 is 0. The van der Waals surface area contributed by atoms with E-state index in [2.05, 4.69) is 36.0 Å². The lowest BCUT2D eigenvalue weighted by atomic mass is 10.3. The molecule has 0 spiro atoms. The molecule has 1 aromatic rings. The zero-order valence-electron chi connectivity index (χ0n) is 11.3. The van der Waals surface area contributed by atoms with E-state index < -0.39 is 0 Å².